The zero-order valence-electron chi connectivity index (χ0n) is 7.77. The summed E-state index contributed by atoms with van der Waals surface area (Å²) in [4.78, 5) is 0. The third-order valence-electron chi connectivity index (χ3n) is 2.69. The van der Waals surface area contributed by atoms with E-state index in [1.807, 2.05) is 17.7 Å². The monoisotopic (exact) mass is 181 g/mol. The lowest BCUT2D eigenvalue weighted by atomic mass is 9.74. The van der Waals surface area contributed by atoms with E-state index in [4.69, 9.17) is 5.73 Å². The summed E-state index contributed by atoms with van der Waals surface area (Å²) in [5.74, 6) is 0. The Morgan fingerprint density at radius 1 is 1.77 bits per heavy atom. The van der Waals surface area contributed by atoms with Crippen LogP contribution in [0, 0.1) is 0 Å². The van der Waals surface area contributed by atoms with Gasteiger partial charge in [0.1, 0.15) is 5.60 Å². The van der Waals surface area contributed by atoms with Gasteiger partial charge in [-0.05, 0) is 25.8 Å². The van der Waals surface area contributed by atoms with Crippen LogP contribution in [0.1, 0.15) is 25.5 Å². The Bertz CT molecular complexity index is 302. The zero-order valence-corrected chi connectivity index (χ0v) is 7.77. The third-order valence-corrected chi connectivity index (χ3v) is 2.69. The van der Waals surface area contributed by atoms with Crippen molar-refractivity contribution in [1.82, 2.24) is 9.78 Å². The van der Waals surface area contributed by atoms with Gasteiger partial charge in [-0.15, -0.1) is 0 Å². The van der Waals surface area contributed by atoms with Crippen LogP contribution in [0.3, 0.4) is 0 Å². The lowest BCUT2D eigenvalue weighted by Crippen LogP contribution is -2.50. The summed E-state index contributed by atoms with van der Waals surface area (Å²) in [5.41, 5.74) is 5.85. The number of hydrogen-bond donors (Lipinski definition) is 2. The molecule has 72 valence electrons. The molecule has 0 bridgehead atoms. The molecule has 2 rings (SSSR count). The molecule has 0 spiro atoms. The minimum absolute atomic E-state index is 0.144. The van der Waals surface area contributed by atoms with Crippen molar-refractivity contribution in [2.75, 3.05) is 0 Å². The van der Waals surface area contributed by atoms with Crippen molar-refractivity contribution >= 4 is 0 Å². The van der Waals surface area contributed by atoms with Crippen LogP contribution in [0.25, 0.3) is 0 Å². The number of aryl methyl sites for hydroxylation is 1. The van der Waals surface area contributed by atoms with Crippen LogP contribution in [-0.4, -0.2) is 20.9 Å². The Hall–Kier alpha value is -0.870. The number of aliphatic hydroxyl groups is 1. The van der Waals surface area contributed by atoms with E-state index in [0.717, 1.165) is 12.2 Å². The van der Waals surface area contributed by atoms with Crippen molar-refractivity contribution in [2.45, 2.75) is 38.0 Å². The molecule has 3 N–H and O–H groups in total. The molecule has 0 unspecified atom stereocenters. The molecule has 0 atom stereocenters. The summed E-state index contributed by atoms with van der Waals surface area (Å²) < 4.78 is 1.83. The molecule has 4 nitrogen and oxygen atoms in total. The van der Waals surface area contributed by atoms with E-state index < -0.39 is 5.60 Å². The number of hydrogen-bond acceptors (Lipinski definition) is 3. The van der Waals surface area contributed by atoms with Gasteiger partial charge in [-0.1, -0.05) is 0 Å². The standard InChI is InChI=1S/C9H15N3O/c1-2-12-8(3-4-11-12)9(13)5-7(10)6-9/h3-4,7,13H,2,5-6,10H2,1H3. The second kappa shape index (κ2) is 2.82. The highest BCUT2D eigenvalue weighted by molar-refractivity contribution is 5.17. The largest absolute Gasteiger partial charge is 0.383 e. The molecule has 0 saturated heterocycles. The molecule has 1 saturated carbocycles. The van der Waals surface area contributed by atoms with Crippen LogP contribution in [0.5, 0.6) is 0 Å². The minimum Gasteiger partial charge on any atom is -0.383 e. The van der Waals surface area contributed by atoms with E-state index >= 15 is 0 Å². The van der Waals surface area contributed by atoms with Crippen LogP contribution >= 0.6 is 0 Å². The quantitative estimate of drug-likeness (QED) is 0.685. The Balaban J connectivity index is 2.25. The summed E-state index contributed by atoms with van der Waals surface area (Å²) in [6.07, 6.45) is 3.03. The Kier molecular flexibility index (Phi) is 1.89. The fourth-order valence-corrected chi connectivity index (χ4v) is 2.00. The molecule has 1 fully saturated rings. The molecule has 0 amide bonds. The third kappa shape index (κ3) is 1.26. The Morgan fingerprint density at radius 3 is 3.00 bits per heavy atom. The molecular formula is C9H15N3O. The number of nitrogens with zero attached hydrogens (tertiary/aromatic N) is 2. The first-order chi connectivity index (χ1) is 6.15. The second-order valence-electron chi connectivity index (χ2n) is 3.73. The van der Waals surface area contributed by atoms with E-state index in [1.54, 1.807) is 6.20 Å². The molecule has 1 aliphatic carbocycles. The van der Waals surface area contributed by atoms with E-state index in [0.29, 0.717) is 12.8 Å². The first-order valence-electron chi connectivity index (χ1n) is 4.66. The van der Waals surface area contributed by atoms with Crippen LogP contribution in [0.15, 0.2) is 12.3 Å². The van der Waals surface area contributed by atoms with Crippen molar-refractivity contribution < 1.29 is 5.11 Å². The van der Waals surface area contributed by atoms with Gasteiger partial charge in [0.2, 0.25) is 0 Å². The summed E-state index contributed by atoms with van der Waals surface area (Å²) in [7, 11) is 0. The molecule has 0 radical (unpaired) electrons. The highest BCUT2D eigenvalue weighted by Gasteiger charge is 2.44. The lowest BCUT2D eigenvalue weighted by molar-refractivity contribution is -0.0593. The van der Waals surface area contributed by atoms with E-state index in [9.17, 15) is 5.11 Å². The van der Waals surface area contributed by atoms with Gasteiger partial charge in [-0.2, -0.15) is 5.10 Å². The van der Waals surface area contributed by atoms with Crippen LogP contribution < -0.4 is 5.73 Å². The highest BCUT2D eigenvalue weighted by Crippen LogP contribution is 2.39. The Morgan fingerprint density at radius 2 is 2.46 bits per heavy atom. The number of nitrogens with two attached hydrogens (primary N) is 1. The predicted molar refractivity (Wildman–Crippen MR) is 49.0 cm³/mol. The van der Waals surface area contributed by atoms with Gasteiger partial charge in [0.15, 0.2) is 0 Å². The van der Waals surface area contributed by atoms with Gasteiger partial charge in [-0.3, -0.25) is 4.68 Å². The summed E-state index contributed by atoms with van der Waals surface area (Å²) in [6, 6.07) is 2.01. The molecular weight excluding hydrogens is 166 g/mol. The van der Waals surface area contributed by atoms with Crippen LogP contribution in [0.2, 0.25) is 0 Å². The van der Waals surface area contributed by atoms with Gasteiger partial charge in [-0.25, -0.2) is 0 Å². The molecule has 0 aromatic carbocycles. The number of aromatic nitrogens is 2. The van der Waals surface area contributed by atoms with Gasteiger partial charge in [0.25, 0.3) is 0 Å². The van der Waals surface area contributed by atoms with Crippen LogP contribution in [0.4, 0.5) is 0 Å². The number of rotatable bonds is 2. The van der Waals surface area contributed by atoms with Crippen molar-refractivity contribution in [3.63, 3.8) is 0 Å². The molecule has 0 aliphatic heterocycles. The van der Waals surface area contributed by atoms with E-state index in [2.05, 4.69) is 5.10 Å². The van der Waals surface area contributed by atoms with Crippen LogP contribution in [-0.2, 0) is 12.1 Å². The molecule has 1 aromatic rings. The van der Waals surface area contributed by atoms with Crippen molar-refractivity contribution in [3.05, 3.63) is 18.0 Å². The average molecular weight is 181 g/mol. The fraction of sp³-hybridized carbons (Fsp3) is 0.667. The van der Waals surface area contributed by atoms with Crippen molar-refractivity contribution in [2.24, 2.45) is 5.73 Å². The minimum atomic E-state index is -0.716. The fourth-order valence-electron chi connectivity index (χ4n) is 2.00. The van der Waals surface area contributed by atoms with Gasteiger partial charge in [0, 0.05) is 18.8 Å². The first kappa shape index (κ1) is 8.72. The molecule has 1 heterocycles. The normalized spacial score (nSPS) is 33.0. The summed E-state index contributed by atoms with van der Waals surface area (Å²) >= 11 is 0. The summed E-state index contributed by atoms with van der Waals surface area (Å²) in [5, 5.41) is 14.2. The highest BCUT2D eigenvalue weighted by atomic mass is 16.3. The van der Waals surface area contributed by atoms with Gasteiger partial charge < -0.3 is 10.8 Å². The topological polar surface area (TPSA) is 64.1 Å². The van der Waals surface area contributed by atoms with Gasteiger partial charge >= 0.3 is 0 Å². The zero-order chi connectivity index (χ0) is 9.47. The average Bonchev–Trinajstić information content (AvgIpc) is 2.48. The van der Waals surface area contributed by atoms with Crippen molar-refractivity contribution in [3.8, 4) is 0 Å². The lowest BCUT2D eigenvalue weighted by Gasteiger charge is -2.41. The predicted octanol–water partition coefficient (Wildman–Crippen LogP) is 0.212. The van der Waals surface area contributed by atoms with Gasteiger partial charge in [0.05, 0.1) is 5.69 Å². The smallest absolute Gasteiger partial charge is 0.109 e. The molecule has 4 heteroatoms. The molecule has 13 heavy (non-hydrogen) atoms. The van der Waals surface area contributed by atoms with Crippen molar-refractivity contribution in [1.29, 1.82) is 0 Å². The van der Waals surface area contributed by atoms with E-state index in [1.165, 1.54) is 0 Å². The Labute approximate surface area is 77.4 Å². The SMILES string of the molecule is CCn1nccc1C1(O)CC(N)C1. The maximum Gasteiger partial charge on any atom is 0.109 e. The first-order valence-corrected chi connectivity index (χ1v) is 4.66. The second-order valence-corrected chi connectivity index (χ2v) is 3.73. The maximum atomic E-state index is 10.1. The maximum absolute atomic E-state index is 10.1. The molecule has 1 aromatic heterocycles. The summed E-state index contributed by atoms with van der Waals surface area (Å²) in [6.45, 7) is 2.80. The molecule has 1 aliphatic rings. The van der Waals surface area contributed by atoms with E-state index in [-0.39, 0.29) is 6.04 Å².